The normalized spacial score (nSPS) is 11.0. The highest BCUT2D eigenvalue weighted by Gasteiger charge is 2.16. The summed E-state index contributed by atoms with van der Waals surface area (Å²) in [6.07, 6.45) is 1.26. The third-order valence-corrected chi connectivity index (χ3v) is 5.45. The fourth-order valence-corrected chi connectivity index (χ4v) is 4.04. The zero-order valence-electron chi connectivity index (χ0n) is 15.7. The molecule has 2 aromatic carbocycles. The van der Waals surface area contributed by atoms with Crippen LogP contribution in [0.1, 0.15) is 11.3 Å². The van der Waals surface area contributed by atoms with Crippen LogP contribution in [0.5, 0.6) is 0 Å². The predicted molar refractivity (Wildman–Crippen MR) is 112 cm³/mol. The minimum atomic E-state index is -0.515. The van der Waals surface area contributed by atoms with Gasteiger partial charge in [-0.15, -0.1) is 11.3 Å². The van der Waals surface area contributed by atoms with Crippen LogP contribution in [0, 0.1) is 24.0 Å². The minimum Gasteiger partial charge on any atom is -0.324 e. The summed E-state index contributed by atoms with van der Waals surface area (Å²) in [5.41, 5.74) is 3.95. The number of anilines is 1. The Morgan fingerprint density at radius 3 is 2.66 bits per heavy atom. The largest absolute Gasteiger partial charge is 0.324 e. The summed E-state index contributed by atoms with van der Waals surface area (Å²) in [6.45, 7) is 3.49. The lowest BCUT2D eigenvalue weighted by atomic mass is 10.2. The van der Waals surface area contributed by atoms with Gasteiger partial charge in [-0.25, -0.2) is 4.98 Å². The Hall–Kier alpha value is -3.59. The van der Waals surface area contributed by atoms with E-state index in [1.54, 1.807) is 23.5 Å². The summed E-state index contributed by atoms with van der Waals surface area (Å²) in [5, 5.41) is 18.6. The summed E-state index contributed by atoms with van der Waals surface area (Å²) in [4.78, 5) is 27.3. The first-order chi connectivity index (χ1) is 13.9. The van der Waals surface area contributed by atoms with Crippen molar-refractivity contribution in [3.63, 3.8) is 0 Å². The van der Waals surface area contributed by atoms with E-state index in [4.69, 9.17) is 0 Å². The number of nitrogens with one attached hydrogen (secondary N) is 1. The first-order valence-corrected chi connectivity index (χ1v) is 9.66. The van der Waals surface area contributed by atoms with Gasteiger partial charge in [0.15, 0.2) is 0 Å². The molecule has 0 atom stereocenters. The number of hydrogen-bond acceptors (Lipinski definition) is 6. The van der Waals surface area contributed by atoms with Crippen LogP contribution < -0.4 is 5.32 Å². The number of nitro groups is 1. The zero-order chi connectivity index (χ0) is 20.5. The monoisotopic (exact) mass is 407 g/mol. The van der Waals surface area contributed by atoms with Crippen molar-refractivity contribution in [1.29, 1.82) is 0 Å². The molecule has 0 fully saturated rings. The minimum absolute atomic E-state index is 0.104. The fourth-order valence-electron chi connectivity index (χ4n) is 2.97. The molecule has 0 aliphatic rings. The van der Waals surface area contributed by atoms with Crippen LogP contribution in [0.2, 0.25) is 0 Å². The van der Waals surface area contributed by atoms with Crippen molar-refractivity contribution in [2.45, 2.75) is 20.4 Å². The highest BCUT2D eigenvalue weighted by atomic mass is 32.1. The molecule has 0 spiro atoms. The lowest BCUT2D eigenvalue weighted by molar-refractivity contribution is -0.385. The van der Waals surface area contributed by atoms with Crippen molar-refractivity contribution < 1.29 is 9.72 Å². The Bertz CT molecular complexity index is 1230. The van der Waals surface area contributed by atoms with Gasteiger partial charge >= 0.3 is 5.69 Å². The molecule has 0 unspecified atom stereocenters. The number of aryl methyl sites for hydroxylation is 2. The number of carbonyl (C=O) groups is 1. The van der Waals surface area contributed by atoms with Crippen LogP contribution in [0.4, 0.5) is 11.4 Å². The van der Waals surface area contributed by atoms with E-state index < -0.39 is 4.92 Å². The maximum Gasteiger partial charge on any atom is 0.309 e. The third-order valence-electron chi connectivity index (χ3n) is 4.38. The molecule has 4 rings (SSSR count). The van der Waals surface area contributed by atoms with Crippen molar-refractivity contribution in [3.8, 4) is 10.6 Å². The number of aromatic nitrogens is 3. The van der Waals surface area contributed by atoms with Gasteiger partial charge in [-0.2, -0.15) is 5.10 Å². The summed E-state index contributed by atoms with van der Waals surface area (Å²) < 4.78 is 2.40. The number of benzene rings is 2. The highest BCUT2D eigenvalue weighted by molar-refractivity contribution is 7.21. The van der Waals surface area contributed by atoms with Gasteiger partial charge in [-0.3, -0.25) is 19.6 Å². The van der Waals surface area contributed by atoms with Crippen molar-refractivity contribution in [2.24, 2.45) is 0 Å². The van der Waals surface area contributed by atoms with E-state index in [2.05, 4.69) is 28.4 Å². The van der Waals surface area contributed by atoms with E-state index in [0.29, 0.717) is 5.69 Å². The Kier molecular flexibility index (Phi) is 4.81. The van der Waals surface area contributed by atoms with E-state index >= 15 is 0 Å². The van der Waals surface area contributed by atoms with Crippen LogP contribution in [0.15, 0.2) is 48.7 Å². The molecule has 146 valence electrons. The van der Waals surface area contributed by atoms with Crippen molar-refractivity contribution in [1.82, 2.24) is 14.8 Å². The number of carbonyl (C=O) groups excluding carboxylic acids is 1. The van der Waals surface area contributed by atoms with Gasteiger partial charge in [-0.05, 0) is 55.8 Å². The fraction of sp³-hybridized carbons (Fsp3) is 0.150. The topological polar surface area (TPSA) is 103 Å². The van der Waals surface area contributed by atoms with Crippen LogP contribution >= 0.6 is 11.3 Å². The second-order valence-electron chi connectivity index (χ2n) is 6.67. The number of thiazole rings is 1. The molecule has 9 heteroatoms. The van der Waals surface area contributed by atoms with Crippen LogP contribution in [-0.2, 0) is 11.3 Å². The molecule has 0 saturated heterocycles. The molecule has 0 saturated carbocycles. The molecule has 0 radical (unpaired) electrons. The third kappa shape index (κ3) is 3.99. The second kappa shape index (κ2) is 7.44. The SMILES string of the molecule is Cc1ccc2nc(-c3ccc(NC(=O)Cn4cc([N+](=O)[O-])c(C)n4)cc3)sc2c1. The number of rotatable bonds is 5. The maximum atomic E-state index is 12.2. The Labute approximate surface area is 170 Å². The molecule has 1 N–H and O–H groups in total. The molecule has 0 bridgehead atoms. The van der Waals surface area contributed by atoms with Gasteiger partial charge in [0.2, 0.25) is 5.91 Å². The van der Waals surface area contributed by atoms with Gasteiger partial charge < -0.3 is 5.32 Å². The molecule has 2 aromatic heterocycles. The van der Waals surface area contributed by atoms with Crippen LogP contribution in [-0.4, -0.2) is 25.6 Å². The van der Waals surface area contributed by atoms with E-state index in [1.807, 2.05) is 24.3 Å². The molecule has 29 heavy (non-hydrogen) atoms. The summed E-state index contributed by atoms with van der Waals surface area (Å²) >= 11 is 1.63. The molecule has 0 aliphatic heterocycles. The first-order valence-electron chi connectivity index (χ1n) is 8.85. The number of nitrogens with zero attached hydrogens (tertiary/aromatic N) is 4. The smallest absolute Gasteiger partial charge is 0.309 e. The molecule has 2 heterocycles. The van der Waals surface area contributed by atoms with Crippen molar-refractivity contribution >= 4 is 38.8 Å². The molecule has 8 nitrogen and oxygen atoms in total. The Balaban J connectivity index is 1.45. The maximum absolute atomic E-state index is 12.2. The summed E-state index contributed by atoms with van der Waals surface area (Å²) in [5.74, 6) is -0.314. The van der Waals surface area contributed by atoms with Crippen molar-refractivity contribution in [3.05, 3.63) is 70.0 Å². The lowest BCUT2D eigenvalue weighted by Crippen LogP contribution is -2.19. The molecule has 4 aromatic rings. The second-order valence-corrected chi connectivity index (χ2v) is 7.70. The molecule has 0 aliphatic carbocycles. The van der Waals surface area contributed by atoms with Gasteiger partial charge in [-0.1, -0.05) is 6.07 Å². The van der Waals surface area contributed by atoms with Gasteiger partial charge in [0.1, 0.15) is 23.4 Å². The molecular weight excluding hydrogens is 390 g/mol. The molecular formula is C20H17N5O3S. The van der Waals surface area contributed by atoms with E-state index in [-0.39, 0.29) is 23.8 Å². The predicted octanol–water partition coefficient (Wildman–Crippen LogP) is 4.32. The van der Waals surface area contributed by atoms with Crippen molar-refractivity contribution in [2.75, 3.05) is 5.32 Å². The van der Waals surface area contributed by atoms with E-state index in [0.717, 1.165) is 20.8 Å². The van der Waals surface area contributed by atoms with Gasteiger partial charge in [0.25, 0.3) is 0 Å². The highest BCUT2D eigenvalue weighted by Crippen LogP contribution is 2.31. The Morgan fingerprint density at radius 2 is 1.97 bits per heavy atom. The van der Waals surface area contributed by atoms with Crippen LogP contribution in [0.25, 0.3) is 20.8 Å². The first kappa shape index (κ1) is 18.8. The number of amides is 1. The van der Waals surface area contributed by atoms with E-state index in [1.165, 1.54) is 23.4 Å². The summed E-state index contributed by atoms with van der Waals surface area (Å²) in [6, 6.07) is 13.6. The zero-order valence-corrected chi connectivity index (χ0v) is 16.6. The Morgan fingerprint density at radius 1 is 1.21 bits per heavy atom. The average Bonchev–Trinajstić information content (AvgIpc) is 3.25. The molecule has 1 amide bonds. The van der Waals surface area contributed by atoms with Crippen LogP contribution in [0.3, 0.4) is 0 Å². The summed E-state index contributed by atoms with van der Waals surface area (Å²) in [7, 11) is 0. The number of fused-ring (bicyclic) bond motifs is 1. The quantitative estimate of drug-likeness (QED) is 0.392. The van der Waals surface area contributed by atoms with Gasteiger partial charge in [0.05, 0.1) is 15.1 Å². The standard InChI is InChI=1S/C20H17N5O3S/c1-12-3-8-16-18(9-12)29-20(22-16)14-4-6-15(7-5-14)21-19(26)11-24-10-17(25(27)28)13(2)23-24/h3-10H,11H2,1-2H3,(H,21,26). The average molecular weight is 407 g/mol. The van der Waals surface area contributed by atoms with E-state index in [9.17, 15) is 14.9 Å². The lowest BCUT2D eigenvalue weighted by Gasteiger charge is -2.06. The number of hydrogen-bond donors (Lipinski definition) is 1. The van der Waals surface area contributed by atoms with Gasteiger partial charge in [0, 0.05) is 11.3 Å².